The molecule has 1 aliphatic heterocycles. The van der Waals surface area contributed by atoms with Crippen LogP contribution in [0.5, 0.6) is 0 Å². The van der Waals surface area contributed by atoms with Crippen molar-refractivity contribution >= 4 is 23.6 Å². The second kappa shape index (κ2) is 15.3. The lowest BCUT2D eigenvalue weighted by atomic mass is 10.1. The molecule has 0 aliphatic carbocycles. The third-order valence-electron chi connectivity index (χ3n) is 5.03. The van der Waals surface area contributed by atoms with Gasteiger partial charge in [0, 0.05) is 51.4 Å². The molecule has 1 heterocycles. The molecule has 14 N–H and O–H groups in total. The molecule has 0 radical (unpaired) electrons. The maximum atomic E-state index is 12.1. The highest BCUT2D eigenvalue weighted by molar-refractivity contribution is 5.82. The molecular formula is C19H41N11O2. The number of amides is 2. The fourth-order valence-corrected chi connectivity index (χ4v) is 3.11. The molecule has 0 aromatic rings. The van der Waals surface area contributed by atoms with Crippen LogP contribution in [-0.2, 0) is 9.59 Å². The number of carbonyl (C=O) groups is 2. The lowest BCUT2D eigenvalue weighted by molar-refractivity contribution is -0.123. The van der Waals surface area contributed by atoms with Gasteiger partial charge < -0.3 is 49.9 Å². The number of hydrogen-bond acceptors (Lipinski definition) is 8. The van der Waals surface area contributed by atoms with Gasteiger partial charge in [0.05, 0.1) is 17.9 Å². The summed E-state index contributed by atoms with van der Waals surface area (Å²) in [6.45, 7) is 4.99. The summed E-state index contributed by atoms with van der Waals surface area (Å²) in [4.78, 5) is 32.2. The van der Waals surface area contributed by atoms with E-state index in [2.05, 4.69) is 31.3 Å². The van der Waals surface area contributed by atoms with Crippen LogP contribution < -0.4 is 49.9 Å². The highest BCUT2D eigenvalue weighted by Crippen LogP contribution is 1.98. The summed E-state index contributed by atoms with van der Waals surface area (Å²) in [5, 5.41) is 12.5. The maximum Gasteiger partial charge on any atom is 0.236 e. The van der Waals surface area contributed by atoms with Crippen LogP contribution in [0.4, 0.5) is 0 Å². The quantitative estimate of drug-likeness (QED) is 0.0703. The number of guanidine groups is 1. The van der Waals surface area contributed by atoms with Crippen LogP contribution in [0.2, 0.25) is 0 Å². The topological polar surface area (TPSA) is 237 Å². The van der Waals surface area contributed by atoms with Crippen LogP contribution in [0.25, 0.3) is 0 Å². The van der Waals surface area contributed by atoms with Crippen LogP contribution in [-0.4, -0.2) is 87.0 Å². The smallest absolute Gasteiger partial charge is 0.236 e. The van der Waals surface area contributed by atoms with Gasteiger partial charge in [-0.15, -0.1) is 0 Å². The fourth-order valence-electron chi connectivity index (χ4n) is 3.11. The van der Waals surface area contributed by atoms with E-state index >= 15 is 0 Å². The minimum Gasteiger partial charge on any atom is -0.388 e. The molecule has 13 heteroatoms. The molecule has 0 unspecified atom stereocenters. The molecule has 0 spiro atoms. The molecule has 1 aliphatic rings. The van der Waals surface area contributed by atoms with Crippen molar-refractivity contribution in [1.82, 2.24) is 21.3 Å². The standard InChI is InChI=1S/C19H41N11O2/c1-12(20)25-6-2-4-15(21)17(31)29-10-13-8-28-14(9-27-13)11-30-18(32)16(22)5-3-7-26-19(23)24/h13-16,27-28H,2-11,21-22H2,1H3,(H2,20,25)(H,29,31)(H,30,32)(H4,23,24,26)/t13-,14-,15+,16+/m1/s1. The molecule has 32 heavy (non-hydrogen) atoms. The zero-order valence-electron chi connectivity index (χ0n) is 19.0. The van der Waals surface area contributed by atoms with Gasteiger partial charge in [0.1, 0.15) is 0 Å². The number of nitrogens with zero attached hydrogens (tertiary/aromatic N) is 2. The van der Waals surface area contributed by atoms with Crippen LogP contribution in [0.1, 0.15) is 32.6 Å². The Bertz CT molecular complexity index is 571. The van der Waals surface area contributed by atoms with Crippen LogP contribution in [0.15, 0.2) is 9.98 Å². The molecule has 0 bridgehead atoms. The predicted octanol–water partition coefficient (Wildman–Crippen LogP) is -3.99. The van der Waals surface area contributed by atoms with Gasteiger partial charge in [0.2, 0.25) is 11.8 Å². The number of rotatable bonds is 14. The van der Waals surface area contributed by atoms with Crippen molar-refractivity contribution in [1.29, 1.82) is 0 Å². The highest BCUT2D eigenvalue weighted by Gasteiger charge is 2.22. The van der Waals surface area contributed by atoms with Crippen molar-refractivity contribution in [2.45, 2.75) is 56.8 Å². The van der Waals surface area contributed by atoms with E-state index in [9.17, 15) is 9.59 Å². The highest BCUT2D eigenvalue weighted by atomic mass is 16.2. The Morgan fingerprint density at radius 3 is 1.69 bits per heavy atom. The monoisotopic (exact) mass is 455 g/mol. The van der Waals surface area contributed by atoms with Gasteiger partial charge in [-0.3, -0.25) is 19.6 Å². The Morgan fingerprint density at radius 1 is 0.875 bits per heavy atom. The van der Waals surface area contributed by atoms with Crippen molar-refractivity contribution in [2.75, 3.05) is 39.3 Å². The number of amidine groups is 1. The fraction of sp³-hybridized carbons (Fsp3) is 0.789. The number of carbonyl (C=O) groups excluding carboxylic acids is 2. The Morgan fingerprint density at radius 2 is 1.31 bits per heavy atom. The van der Waals surface area contributed by atoms with Crippen molar-refractivity contribution in [2.24, 2.45) is 38.7 Å². The Labute approximate surface area is 189 Å². The van der Waals surface area contributed by atoms with E-state index in [1.54, 1.807) is 6.92 Å². The van der Waals surface area contributed by atoms with Gasteiger partial charge in [0.15, 0.2) is 5.96 Å². The number of aliphatic imine (C=N–C) groups is 2. The average molecular weight is 456 g/mol. The molecular weight excluding hydrogens is 414 g/mol. The molecule has 1 rings (SSSR count). The van der Waals surface area contributed by atoms with Gasteiger partial charge in [-0.1, -0.05) is 0 Å². The molecule has 2 amide bonds. The minimum absolute atomic E-state index is 0.0308. The van der Waals surface area contributed by atoms with Gasteiger partial charge in [-0.2, -0.15) is 0 Å². The summed E-state index contributed by atoms with van der Waals surface area (Å²) in [6.07, 6.45) is 2.40. The third-order valence-corrected chi connectivity index (χ3v) is 5.03. The average Bonchev–Trinajstić information content (AvgIpc) is 2.76. The largest absolute Gasteiger partial charge is 0.388 e. The lowest BCUT2D eigenvalue weighted by Gasteiger charge is -2.32. The van der Waals surface area contributed by atoms with Crippen molar-refractivity contribution in [3.63, 3.8) is 0 Å². The maximum absolute atomic E-state index is 12.1. The number of hydrogen-bond donors (Lipinski definition) is 9. The molecule has 1 saturated heterocycles. The minimum atomic E-state index is -0.598. The lowest BCUT2D eigenvalue weighted by Crippen LogP contribution is -2.61. The van der Waals surface area contributed by atoms with Crippen LogP contribution in [0, 0.1) is 0 Å². The zero-order chi connectivity index (χ0) is 23.9. The summed E-state index contributed by atoms with van der Waals surface area (Å²) >= 11 is 0. The molecule has 184 valence electrons. The molecule has 4 atom stereocenters. The molecule has 0 saturated carbocycles. The second-order valence-corrected chi connectivity index (χ2v) is 8.03. The van der Waals surface area contributed by atoms with Crippen molar-refractivity contribution in [3.8, 4) is 0 Å². The second-order valence-electron chi connectivity index (χ2n) is 8.03. The van der Waals surface area contributed by atoms with E-state index in [0.717, 1.165) is 0 Å². The van der Waals surface area contributed by atoms with Crippen molar-refractivity contribution < 1.29 is 9.59 Å². The first-order valence-corrected chi connectivity index (χ1v) is 11.0. The molecule has 0 aromatic heterocycles. The van der Waals surface area contributed by atoms with E-state index < -0.39 is 12.1 Å². The number of nitrogens with one attached hydrogen (secondary N) is 4. The number of nitrogens with two attached hydrogens (primary N) is 5. The summed E-state index contributed by atoms with van der Waals surface area (Å²) < 4.78 is 0. The molecule has 13 nitrogen and oxygen atoms in total. The van der Waals surface area contributed by atoms with E-state index in [0.29, 0.717) is 70.8 Å². The van der Waals surface area contributed by atoms with E-state index in [1.165, 1.54) is 0 Å². The summed E-state index contributed by atoms with van der Waals surface area (Å²) in [5.41, 5.74) is 27.8. The van der Waals surface area contributed by atoms with Gasteiger partial charge in [-0.25, -0.2) is 0 Å². The van der Waals surface area contributed by atoms with E-state index in [4.69, 9.17) is 28.7 Å². The summed E-state index contributed by atoms with van der Waals surface area (Å²) in [6, 6.07) is -1.00. The Balaban J connectivity index is 2.16. The Hall–Kier alpha value is -2.48. The summed E-state index contributed by atoms with van der Waals surface area (Å²) in [7, 11) is 0. The normalized spacial score (nSPS) is 20.8. The van der Waals surface area contributed by atoms with E-state index in [1.807, 2.05) is 0 Å². The van der Waals surface area contributed by atoms with Crippen LogP contribution in [0.3, 0.4) is 0 Å². The number of piperazine rings is 1. The van der Waals surface area contributed by atoms with Crippen LogP contribution >= 0.6 is 0 Å². The first-order valence-electron chi connectivity index (χ1n) is 11.0. The molecule has 1 fully saturated rings. The Kier molecular flexibility index (Phi) is 13.2. The molecule has 0 aromatic carbocycles. The zero-order valence-corrected chi connectivity index (χ0v) is 19.0. The van der Waals surface area contributed by atoms with E-state index in [-0.39, 0.29) is 29.9 Å². The van der Waals surface area contributed by atoms with Gasteiger partial charge in [0.25, 0.3) is 0 Å². The predicted molar refractivity (Wildman–Crippen MR) is 127 cm³/mol. The summed E-state index contributed by atoms with van der Waals surface area (Å²) in [5.74, 6) is 0.179. The first kappa shape index (κ1) is 27.6. The SMILES string of the molecule is CC(N)=NCCC[C@H](N)C(=O)NC[C@H]1CN[C@@H](CNC(=O)[C@@H](N)CCCN=C(N)N)CN1. The van der Waals surface area contributed by atoms with Gasteiger partial charge in [-0.05, 0) is 32.6 Å². The first-order chi connectivity index (χ1) is 15.2. The third kappa shape index (κ3) is 12.4. The van der Waals surface area contributed by atoms with Crippen molar-refractivity contribution in [3.05, 3.63) is 0 Å². The van der Waals surface area contributed by atoms with Gasteiger partial charge >= 0.3 is 0 Å².